The lowest BCUT2D eigenvalue weighted by molar-refractivity contribution is -0.122. The molecule has 1 fully saturated rings. The molecule has 2 N–H and O–H groups in total. The average Bonchev–Trinajstić information content (AvgIpc) is 2.74. The van der Waals surface area contributed by atoms with Gasteiger partial charge in [0.1, 0.15) is 6.04 Å². The second-order valence-corrected chi connectivity index (χ2v) is 7.33. The van der Waals surface area contributed by atoms with Gasteiger partial charge in [0.25, 0.3) is 5.91 Å². The van der Waals surface area contributed by atoms with Crippen LogP contribution in [-0.4, -0.2) is 29.0 Å². The highest BCUT2D eigenvalue weighted by Crippen LogP contribution is 2.22. The number of nitrogens with one attached hydrogen (secondary N) is 2. The zero-order chi connectivity index (χ0) is 18.0. The summed E-state index contributed by atoms with van der Waals surface area (Å²) < 4.78 is 3.06. The van der Waals surface area contributed by atoms with E-state index in [1.807, 2.05) is 44.2 Å². The summed E-state index contributed by atoms with van der Waals surface area (Å²) in [6, 6.07) is 9.38. The van der Waals surface area contributed by atoms with Crippen LogP contribution in [0.4, 0.5) is 0 Å². The molecule has 1 aliphatic heterocycles. The molecule has 5 nitrogen and oxygen atoms in total. The molecule has 1 aromatic heterocycles. The van der Waals surface area contributed by atoms with Crippen LogP contribution < -0.4 is 10.6 Å². The van der Waals surface area contributed by atoms with Gasteiger partial charge in [0, 0.05) is 28.1 Å². The van der Waals surface area contributed by atoms with Crippen LogP contribution in [0.1, 0.15) is 41.0 Å². The number of carbonyl (C=O) groups is 2. The van der Waals surface area contributed by atoms with Crippen LogP contribution in [0.3, 0.4) is 0 Å². The second-order valence-electron chi connectivity index (χ2n) is 6.41. The van der Waals surface area contributed by atoms with E-state index in [-0.39, 0.29) is 11.8 Å². The third kappa shape index (κ3) is 3.79. The summed E-state index contributed by atoms with van der Waals surface area (Å²) in [6.07, 6.45) is 2.57. The number of benzene rings is 1. The minimum atomic E-state index is -0.453. The van der Waals surface area contributed by atoms with Crippen LogP contribution in [0.15, 0.2) is 34.8 Å². The van der Waals surface area contributed by atoms with E-state index < -0.39 is 6.04 Å². The van der Waals surface area contributed by atoms with E-state index in [0.717, 1.165) is 34.4 Å². The molecule has 1 atom stereocenters. The Morgan fingerprint density at radius 1 is 1.24 bits per heavy atom. The molecule has 6 heteroatoms. The van der Waals surface area contributed by atoms with Crippen molar-refractivity contribution < 1.29 is 9.59 Å². The third-order valence-corrected chi connectivity index (χ3v) is 5.13. The molecule has 0 spiro atoms. The number of hydrogen-bond donors (Lipinski definition) is 2. The molecule has 1 aromatic carbocycles. The molecule has 2 amide bonds. The topological polar surface area (TPSA) is 63.1 Å². The smallest absolute Gasteiger partial charge is 0.253 e. The van der Waals surface area contributed by atoms with Crippen LogP contribution in [0.25, 0.3) is 5.69 Å². The third-order valence-electron chi connectivity index (χ3n) is 4.60. The van der Waals surface area contributed by atoms with Crippen molar-refractivity contribution in [3.05, 3.63) is 51.8 Å². The molecule has 0 bridgehead atoms. The van der Waals surface area contributed by atoms with Crippen LogP contribution in [0.2, 0.25) is 0 Å². The zero-order valence-corrected chi connectivity index (χ0v) is 16.0. The Morgan fingerprint density at radius 3 is 2.68 bits per heavy atom. The summed E-state index contributed by atoms with van der Waals surface area (Å²) in [5, 5.41) is 5.75. The first-order valence-corrected chi connectivity index (χ1v) is 9.30. The number of carbonyl (C=O) groups excluding carboxylic acids is 2. The van der Waals surface area contributed by atoms with E-state index in [4.69, 9.17) is 0 Å². The lowest BCUT2D eigenvalue weighted by Gasteiger charge is -2.15. The lowest BCUT2D eigenvalue weighted by atomic mass is 10.1. The summed E-state index contributed by atoms with van der Waals surface area (Å²) in [5.41, 5.74) is 3.46. The van der Waals surface area contributed by atoms with Crippen molar-refractivity contribution in [2.45, 2.75) is 39.2 Å². The normalized spacial score (nSPS) is 17.7. The maximum absolute atomic E-state index is 12.7. The number of halogens is 1. The summed E-state index contributed by atoms with van der Waals surface area (Å²) in [7, 11) is 0. The highest BCUT2D eigenvalue weighted by molar-refractivity contribution is 9.10. The van der Waals surface area contributed by atoms with Crippen molar-refractivity contribution in [1.29, 1.82) is 0 Å². The maximum atomic E-state index is 12.7. The van der Waals surface area contributed by atoms with E-state index in [1.165, 1.54) is 0 Å². The van der Waals surface area contributed by atoms with Crippen LogP contribution in [0, 0.1) is 13.8 Å². The Morgan fingerprint density at radius 2 is 1.96 bits per heavy atom. The largest absolute Gasteiger partial charge is 0.354 e. The Labute approximate surface area is 155 Å². The first kappa shape index (κ1) is 17.7. The average molecular weight is 404 g/mol. The summed E-state index contributed by atoms with van der Waals surface area (Å²) in [5.74, 6) is -0.286. The molecule has 2 aromatic rings. The highest BCUT2D eigenvalue weighted by atomic mass is 79.9. The number of hydrogen-bond acceptors (Lipinski definition) is 2. The van der Waals surface area contributed by atoms with Crippen LogP contribution in [0.5, 0.6) is 0 Å². The predicted octanol–water partition coefficient (Wildman–Crippen LogP) is 3.26. The van der Waals surface area contributed by atoms with Gasteiger partial charge in [-0.25, -0.2) is 0 Å². The molecule has 0 aliphatic carbocycles. The van der Waals surface area contributed by atoms with Gasteiger partial charge in [-0.05, 0) is 63.4 Å². The Hall–Kier alpha value is -2.08. The van der Waals surface area contributed by atoms with Crippen molar-refractivity contribution in [1.82, 2.24) is 15.2 Å². The van der Waals surface area contributed by atoms with Crippen molar-refractivity contribution in [3.8, 4) is 5.69 Å². The molecule has 25 heavy (non-hydrogen) atoms. The molecule has 1 unspecified atom stereocenters. The van der Waals surface area contributed by atoms with Crippen molar-refractivity contribution in [2.24, 2.45) is 0 Å². The summed E-state index contributed by atoms with van der Waals surface area (Å²) in [6.45, 7) is 4.59. The number of aryl methyl sites for hydroxylation is 1. The Bertz CT molecular complexity index is 796. The molecule has 2 heterocycles. The minimum Gasteiger partial charge on any atom is -0.354 e. The van der Waals surface area contributed by atoms with Crippen molar-refractivity contribution >= 4 is 27.7 Å². The molecule has 3 rings (SSSR count). The highest BCUT2D eigenvalue weighted by Gasteiger charge is 2.25. The van der Waals surface area contributed by atoms with E-state index in [0.29, 0.717) is 18.5 Å². The molecule has 132 valence electrons. The number of rotatable bonds is 3. The van der Waals surface area contributed by atoms with E-state index in [1.54, 1.807) is 0 Å². The fourth-order valence-electron chi connectivity index (χ4n) is 3.29. The van der Waals surface area contributed by atoms with E-state index in [2.05, 4.69) is 31.1 Å². The van der Waals surface area contributed by atoms with Gasteiger partial charge in [-0.1, -0.05) is 15.9 Å². The van der Waals surface area contributed by atoms with Gasteiger partial charge >= 0.3 is 0 Å². The molecular weight excluding hydrogens is 382 g/mol. The Kier molecular flexibility index (Phi) is 5.27. The van der Waals surface area contributed by atoms with E-state index in [9.17, 15) is 9.59 Å². The standard InChI is InChI=1S/C19H22BrN3O2/c1-12-11-16(13(2)23(12)15-8-6-14(20)7-9-15)18(24)22-17-5-3-4-10-21-19(17)25/h6-9,11,17H,3-5,10H2,1-2H3,(H,21,25)(H,22,24). The molecule has 0 radical (unpaired) electrons. The van der Waals surface area contributed by atoms with Gasteiger partial charge in [0.05, 0.1) is 5.56 Å². The van der Waals surface area contributed by atoms with Crippen molar-refractivity contribution in [2.75, 3.05) is 6.54 Å². The molecular formula is C19H22BrN3O2. The molecule has 1 saturated heterocycles. The van der Waals surface area contributed by atoms with E-state index >= 15 is 0 Å². The van der Waals surface area contributed by atoms with Gasteiger partial charge in [-0.3, -0.25) is 9.59 Å². The summed E-state index contributed by atoms with van der Waals surface area (Å²) in [4.78, 5) is 24.8. The van der Waals surface area contributed by atoms with Gasteiger partial charge < -0.3 is 15.2 Å². The first-order chi connectivity index (χ1) is 12.0. The molecule has 0 saturated carbocycles. The summed E-state index contributed by atoms with van der Waals surface area (Å²) >= 11 is 3.44. The van der Waals surface area contributed by atoms with Gasteiger partial charge in [-0.2, -0.15) is 0 Å². The van der Waals surface area contributed by atoms with Gasteiger partial charge in [0.2, 0.25) is 5.91 Å². The maximum Gasteiger partial charge on any atom is 0.253 e. The fourth-order valence-corrected chi connectivity index (χ4v) is 3.56. The SMILES string of the molecule is Cc1cc(C(=O)NC2CCCCNC2=O)c(C)n1-c1ccc(Br)cc1. The van der Waals surface area contributed by atoms with Gasteiger partial charge in [0.15, 0.2) is 0 Å². The quantitative estimate of drug-likeness (QED) is 0.825. The second kappa shape index (κ2) is 7.44. The number of nitrogens with zero attached hydrogens (tertiary/aromatic N) is 1. The monoisotopic (exact) mass is 403 g/mol. The van der Waals surface area contributed by atoms with Crippen LogP contribution >= 0.6 is 15.9 Å². The van der Waals surface area contributed by atoms with Crippen molar-refractivity contribution in [3.63, 3.8) is 0 Å². The number of aromatic nitrogens is 1. The minimum absolute atomic E-state index is 0.0902. The zero-order valence-electron chi connectivity index (χ0n) is 14.4. The fraction of sp³-hybridized carbons (Fsp3) is 0.368. The number of amides is 2. The van der Waals surface area contributed by atoms with Crippen LogP contribution in [-0.2, 0) is 4.79 Å². The van der Waals surface area contributed by atoms with Gasteiger partial charge in [-0.15, -0.1) is 0 Å². The predicted molar refractivity (Wildman–Crippen MR) is 101 cm³/mol. The first-order valence-electron chi connectivity index (χ1n) is 8.51. The Balaban J connectivity index is 1.85. The lowest BCUT2D eigenvalue weighted by Crippen LogP contribution is -2.45. The molecule has 1 aliphatic rings.